The van der Waals surface area contributed by atoms with Crippen LogP contribution < -0.4 is 4.74 Å². The quantitative estimate of drug-likeness (QED) is 0.861. The van der Waals surface area contributed by atoms with E-state index in [1.54, 1.807) is 18.2 Å². The molecule has 1 saturated heterocycles. The van der Waals surface area contributed by atoms with Gasteiger partial charge in [-0.25, -0.2) is 0 Å². The van der Waals surface area contributed by atoms with Crippen LogP contribution in [-0.2, 0) is 4.74 Å². The topological polar surface area (TPSA) is 41.9 Å². The zero-order valence-corrected chi connectivity index (χ0v) is 10.1. The average molecular weight is 237 g/mol. The first-order valence-corrected chi connectivity index (χ1v) is 6.03. The first-order chi connectivity index (χ1) is 8.28. The summed E-state index contributed by atoms with van der Waals surface area (Å²) in [6, 6.07) is 6.84. The summed E-state index contributed by atoms with van der Waals surface area (Å²) in [7, 11) is 0. The van der Waals surface area contributed by atoms with Gasteiger partial charge in [-0.1, -0.05) is 13.0 Å². The Kier molecular flexibility index (Phi) is 4.23. The van der Waals surface area contributed by atoms with E-state index >= 15 is 0 Å². The highest BCUT2D eigenvalue weighted by molar-refractivity contribution is 5.31. The van der Waals surface area contributed by atoms with Crippen LogP contribution in [0.1, 0.15) is 6.92 Å². The van der Waals surface area contributed by atoms with E-state index in [2.05, 4.69) is 11.8 Å². The van der Waals surface area contributed by atoms with E-state index in [9.17, 15) is 5.11 Å². The molecule has 0 aliphatic carbocycles. The predicted molar refractivity (Wildman–Crippen MR) is 65.5 cm³/mol. The average Bonchev–Trinajstić information content (AvgIpc) is 2.37. The van der Waals surface area contributed by atoms with Crippen LogP contribution in [0, 0.1) is 0 Å². The predicted octanol–water partition coefficient (Wildman–Crippen LogP) is 1.49. The molecule has 0 radical (unpaired) electrons. The summed E-state index contributed by atoms with van der Waals surface area (Å²) in [6.45, 7) is 6.40. The van der Waals surface area contributed by atoms with Gasteiger partial charge >= 0.3 is 0 Å². The summed E-state index contributed by atoms with van der Waals surface area (Å²) in [5.41, 5.74) is 0. The molecule has 1 aliphatic rings. The van der Waals surface area contributed by atoms with Gasteiger partial charge in [-0.2, -0.15) is 0 Å². The van der Waals surface area contributed by atoms with Crippen molar-refractivity contribution in [2.24, 2.45) is 0 Å². The third-order valence-electron chi connectivity index (χ3n) is 2.92. The lowest BCUT2D eigenvalue weighted by atomic mass is 10.3. The number of benzene rings is 1. The summed E-state index contributed by atoms with van der Waals surface area (Å²) < 4.78 is 11.2. The lowest BCUT2D eigenvalue weighted by molar-refractivity contribution is -0.0464. The molecule has 4 heteroatoms. The number of hydrogen-bond acceptors (Lipinski definition) is 4. The van der Waals surface area contributed by atoms with Gasteiger partial charge in [0.1, 0.15) is 24.2 Å². The fourth-order valence-electron chi connectivity index (χ4n) is 1.93. The van der Waals surface area contributed by atoms with Gasteiger partial charge in [0.15, 0.2) is 0 Å². The number of phenols is 1. The molecule has 1 atom stereocenters. The van der Waals surface area contributed by atoms with Crippen molar-refractivity contribution in [3.63, 3.8) is 0 Å². The highest BCUT2D eigenvalue weighted by Crippen LogP contribution is 2.18. The summed E-state index contributed by atoms with van der Waals surface area (Å²) in [5, 5.41) is 9.31. The number of ether oxygens (including phenoxy) is 2. The van der Waals surface area contributed by atoms with Crippen LogP contribution in [0.2, 0.25) is 0 Å². The minimum atomic E-state index is 0.117. The van der Waals surface area contributed by atoms with Gasteiger partial charge in [-0.05, 0) is 18.7 Å². The van der Waals surface area contributed by atoms with Crippen LogP contribution in [0.5, 0.6) is 11.5 Å². The second-order valence-corrected chi connectivity index (χ2v) is 4.19. The zero-order valence-electron chi connectivity index (χ0n) is 10.1. The van der Waals surface area contributed by atoms with E-state index in [0.29, 0.717) is 12.4 Å². The highest BCUT2D eigenvalue weighted by atomic mass is 16.5. The number of morpholine rings is 1. The van der Waals surface area contributed by atoms with Crippen molar-refractivity contribution >= 4 is 0 Å². The molecule has 94 valence electrons. The minimum Gasteiger partial charge on any atom is -0.508 e. The molecule has 1 aliphatic heterocycles. The Hall–Kier alpha value is -1.26. The molecule has 0 bridgehead atoms. The molecule has 1 fully saturated rings. The van der Waals surface area contributed by atoms with E-state index in [4.69, 9.17) is 9.47 Å². The van der Waals surface area contributed by atoms with Crippen molar-refractivity contribution in [2.75, 3.05) is 32.8 Å². The third kappa shape index (κ3) is 3.61. The highest BCUT2D eigenvalue weighted by Gasteiger charge is 2.19. The van der Waals surface area contributed by atoms with Crippen LogP contribution in [-0.4, -0.2) is 49.0 Å². The molecular formula is C13H19NO3. The van der Waals surface area contributed by atoms with Gasteiger partial charge in [0.25, 0.3) is 0 Å². The first kappa shape index (κ1) is 12.2. The van der Waals surface area contributed by atoms with Crippen LogP contribution in [0.15, 0.2) is 24.3 Å². The molecular weight excluding hydrogens is 218 g/mol. The Morgan fingerprint density at radius 1 is 1.53 bits per heavy atom. The molecule has 1 N–H and O–H groups in total. The van der Waals surface area contributed by atoms with Gasteiger partial charge in [0.2, 0.25) is 0 Å². The van der Waals surface area contributed by atoms with E-state index in [1.165, 1.54) is 0 Å². The monoisotopic (exact) mass is 237 g/mol. The van der Waals surface area contributed by atoms with E-state index in [1.807, 2.05) is 6.07 Å². The fraction of sp³-hybridized carbons (Fsp3) is 0.538. The SMILES string of the molecule is CCN1CCOC(COc2cccc(O)c2)C1. The minimum absolute atomic E-state index is 0.117. The molecule has 1 aromatic rings. The van der Waals surface area contributed by atoms with Crippen LogP contribution in [0.4, 0.5) is 0 Å². The van der Waals surface area contributed by atoms with Gasteiger partial charge in [0.05, 0.1) is 6.61 Å². The maximum atomic E-state index is 9.31. The Bertz CT molecular complexity index is 356. The van der Waals surface area contributed by atoms with E-state index in [0.717, 1.165) is 26.2 Å². The normalized spacial score (nSPS) is 21.4. The van der Waals surface area contributed by atoms with Crippen LogP contribution in [0.3, 0.4) is 0 Å². The maximum absolute atomic E-state index is 9.31. The van der Waals surface area contributed by atoms with Gasteiger partial charge in [-0.15, -0.1) is 0 Å². The Morgan fingerprint density at radius 3 is 3.18 bits per heavy atom. The molecule has 0 saturated carbocycles. The second kappa shape index (κ2) is 5.89. The standard InChI is InChI=1S/C13H19NO3/c1-2-14-6-7-16-13(9-14)10-17-12-5-3-4-11(15)8-12/h3-5,8,13,15H,2,6-7,9-10H2,1H3. The Balaban J connectivity index is 1.81. The molecule has 0 spiro atoms. The number of rotatable bonds is 4. The maximum Gasteiger partial charge on any atom is 0.123 e. The summed E-state index contributed by atoms with van der Waals surface area (Å²) in [4.78, 5) is 2.35. The molecule has 1 aromatic carbocycles. The Morgan fingerprint density at radius 2 is 2.41 bits per heavy atom. The van der Waals surface area contributed by atoms with E-state index < -0.39 is 0 Å². The zero-order chi connectivity index (χ0) is 12.1. The number of aromatic hydroxyl groups is 1. The van der Waals surface area contributed by atoms with Gasteiger partial charge in [-0.3, -0.25) is 4.90 Å². The number of nitrogens with zero attached hydrogens (tertiary/aromatic N) is 1. The molecule has 17 heavy (non-hydrogen) atoms. The number of likely N-dealkylation sites (N-methyl/N-ethyl adjacent to an activating group) is 1. The van der Waals surface area contributed by atoms with Crippen molar-refractivity contribution < 1.29 is 14.6 Å². The van der Waals surface area contributed by atoms with E-state index in [-0.39, 0.29) is 11.9 Å². The summed E-state index contributed by atoms with van der Waals surface area (Å²) in [5.74, 6) is 0.907. The Labute approximate surface area is 102 Å². The molecule has 2 rings (SSSR count). The smallest absolute Gasteiger partial charge is 0.123 e. The lowest BCUT2D eigenvalue weighted by Crippen LogP contribution is -2.44. The molecule has 0 amide bonds. The van der Waals surface area contributed by atoms with Crippen molar-refractivity contribution in [3.05, 3.63) is 24.3 Å². The van der Waals surface area contributed by atoms with Crippen LogP contribution >= 0.6 is 0 Å². The molecule has 0 aromatic heterocycles. The van der Waals surface area contributed by atoms with Crippen molar-refractivity contribution in [3.8, 4) is 11.5 Å². The molecule has 4 nitrogen and oxygen atoms in total. The van der Waals surface area contributed by atoms with Crippen molar-refractivity contribution in [1.82, 2.24) is 4.90 Å². The number of phenolic OH excluding ortho intramolecular Hbond substituents is 1. The molecule has 1 unspecified atom stereocenters. The summed E-state index contributed by atoms with van der Waals surface area (Å²) >= 11 is 0. The van der Waals surface area contributed by atoms with Crippen molar-refractivity contribution in [2.45, 2.75) is 13.0 Å². The van der Waals surface area contributed by atoms with Crippen molar-refractivity contribution in [1.29, 1.82) is 0 Å². The summed E-state index contributed by atoms with van der Waals surface area (Å²) in [6.07, 6.45) is 0.117. The van der Waals surface area contributed by atoms with Gasteiger partial charge < -0.3 is 14.6 Å². The second-order valence-electron chi connectivity index (χ2n) is 4.19. The lowest BCUT2D eigenvalue weighted by Gasteiger charge is -2.31. The molecule has 1 heterocycles. The third-order valence-corrected chi connectivity index (χ3v) is 2.92. The largest absolute Gasteiger partial charge is 0.508 e. The first-order valence-electron chi connectivity index (χ1n) is 6.03. The fourth-order valence-corrected chi connectivity index (χ4v) is 1.93. The van der Waals surface area contributed by atoms with Crippen LogP contribution in [0.25, 0.3) is 0 Å². The van der Waals surface area contributed by atoms with Gasteiger partial charge in [0, 0.05) is 19.2 Å². The number of hydrogen-bond donors (Lipinski definition) is 1.